The number of halogens is 1. The van der Waals surface area contributed by atoms with Crippen molar-refractivity contribution in [2.24, 2.45) is 5.73 Å². The van der Waals surface area contributed by atoms with Crippen LogP contribution in [0.4, 0.5) is 0 Å². The molecule has 104 valence electrons. The molecule has 0 amide bonds. The Morgan fingerprint density at radius 2 is 2.05 bits per heavy atom. The molecule has 2 N–H and O–H groups in total. The fourth-order valence-electron chi connectivity index (χ4n) is 1.88. The minimum atomic E-state index is 0.186. The van der Waals surface area contributed by atoms with Crippen molar-refractivity contribution in [3.63, 3.8) is 0 Å². The Bertz CT molecular complexity index is 840. The van der Waals surface area contributed by atoms with Gasteiger partial charge in [0.2, 0.25) is 5.88 Å². The summed E-state index contributed by atoms with van der Waals surface area (Å²) in [6.07, 6.45) is 3.16. The molecule has 0 fully saturated rings. The molecular weight excluding hydrogens is 308 g/mol. The fraction of sp³-hybridized carbons (Fsp3) is 0. The van der Waals surface area contributed by atoms with Crippen LogP contribution in [0.15, 0.2) is 42.7 Å². The van der Waals surface area contributed by atoms with Crippen molar-refractivity contribution in [1.29, 1.82) is 0 Å². The van der Waals surface area contributed by atoms with Crippen molar-refractivity contribution in [3.8, 4) is 11.6 Å². The number of nitrogens with zero attached hydrogens (tertiary/aromatic N) is 3. The van der Waals surface area contributed by atoms with Gasteiger partial charge in [-0.3, -0.25) is 4.98 Å². The van der Waals surface area contributed by atoms with E-state index >= 15 is 0 Å². The summed E-state index contributed by atoms with van der Waals surface area (Å²) in [5, 5.41) is 9.09. The summed E-state index contributed by atoms with van der Waals surface area (Å²) in [5.74, 6) is 0.743. The zero-order valence-electron chi connectivity index (χ0n) is 10.7. The van der Waals surface area contributed by atoms with Crippen LogP contribution >= 0.6 is 23.8 Å². The van der Waals surface area contributed by atoms with Gasteiger partial charge in [-0.1, -0.05) is 23.8 Å². The standard InChI is InChI=1S/C14H9ClN4OS/c15-10-3-4-11(12-8(10)2-1-6-17-12)20-14-9(13(16)21)5-7-18-19-14/h1-7H,(H2,16,21). The van der Waals surface area contributed by atoms with Gasteiger partial charge in [0.1, 0.15) is 10.5 Å². The van der Waals surface area contributed by atoms with E-state index in [0.29, 0.717) is 21.9 Å². The predicted octanol–water partition coefficient (Wildman–Crippen LogP) is 3.10. The fourth-order valence-corrected chi connectivity index (χ4v) is 2.25. The summed E-state index contributed by atoms with van der Waals surface area (Å²) >= 11 is 11.1. The van der Waals surface area contributed by atoms with E-state index in [2.05, 4.69) is 15.2 Å². The number of aromatic nitrogens is 3. The monoisotopic (exact) mass is 316 g/mol. The van der Waals surface area contributed by atoms with Gasteiger partial charge in [-0.2, -0.15) is 5.10 Å². The number of thiocarbonyl (C=S) groups is 1. The first-order chi connectivity index (χ1) is 10.2. The van der Waals surface area contributed by atoms with E-state index in [1.54, 1.807) is 30.5 Å². The van der Waals surface area contributed by atoms with Crippen LogP contribution in [0, 0.1) is 0 Å². The van der Waals surface area contributed by atoms with Crippen LogP contribution in [0.2, 0.25) is 5.02 Å². The van der Waals surface area contributed by atoms with Gasteiger partial charge in [0, 0.05) is 11.6 Å². The Balaban J connectivity index is 2.11. The molecule has 7 heteroatoms. The van der Waals surface area contributed by atoms with Crippen molar-refractivity contribution < 1.29 is 4.74 Å². The van der Waals surface area contributed by atoms with E-state index in [1.165, 1.54) is 6.20 Å². The molecule has 0 radical (unpaired) electrons. The average molecular weight is 317 g/mol. The maximum Gasteiger partial charge on any atom is 0.249 e. The molecule has 2 heterocycles. The van der Waals surface area contributed by atoms with Gasteiger partial charge in [-0.15, -0.1) is 5.10 Å². The normalized spacial score (nSPS) is 10.5. The summed E-state index contributed by atoms with van der Waals surface area (Å²) in [4.78, 5) is 4.48. The highest BCUT2D eigenvalue weighted by Crippen LogP contribution is 2.32. The van der Waals surface area contributed by atoms with Crippen LogP contribution in [0.1, 0.15) is 5.56 Å². The molecule has 0 aliphatic carbocycles. The van der Waals surface area contributed by atoms with Crippen LogP contribution in [-0.2, 0) is 0 Å². The summed E-state index contributed by atoms with van der Waals surface area (Å²) in [5.41, 5.74) is 6.79. The number of hydrogen-bond donors (Lipinski definition) is 1. The van der Waals surface area contributed by atoms with Gasteiger partial charge in [-0.25, -0.2) is 0 Å². The number of hydrogen-bond acceptors (Lipinski definition) is 5. The van der Waals surface area contributed by atoms with Crippen LogP contribution in [-0.4, -0.2) is 20.2 Å². The second kappa shape index (κ2) is 5.59. The summed E-state index contributed by atoms with van der Waals surface area (Å²) in [6, 6.07) is 8.77. The molecule has 1 aromatic carbocycles. The van der Waals surface area contributed by atoms with Gasteiger partial charge in [-0.05, 0) is 30.3 Å². The van der Waals surface area contributed by atoms with Crippen molar-refractivity contribution in [1.82, 2.24) is 15.2 Å². The van der Waals surface area contributed by atoms with Crippen LogP contribution in [0.25, 0.3) is 10.9 Å². The second-order valence-electron chi connectivity index (χ2n) is 4.16. The third kappa shape index (κ3) is 2.63. The van der Waals surface area contributed by atoms with E-state index < -0.39 is 0 Å². The Hall–Kier alpha value is -2.31. The molecule has 5 nitrogen and oxygen atoms in total. The molecule has 0 spiro atoms. The molecule has 0 aliphatic rings. The summed E-state index contributed by atoms with van der Waals surface area (Å²) in [6.45, 7) is 0. The van der Waals surface area contributed by atoms with Crippen LogP contribution in [0.3, 0.4) is 0 Å². The molecule has 0 unspecified atom stereocenters. The Morgan fingerprint density at radius 1 is 1.19 bits per heavy atom. The number of rotatable bonds is 3. The summed E-state index contributed by atoms with van der Waals surface area (Å²) < 4.78 is 5.78. The molecule has 3 aromatic rings. The Kier molecular flexibility index (Phi) is 3.64. The quantitative estimate of drug-likeness (QED) is 0.748. The summed E-state index contributed by atoms with van der Waals surface area (Å²) in [7, 11) is 0. The zero-order chi connectivity index (χ0) is 14.8. The third-order valence-electron chi connectivity index (χ3n) is 2.84. The van der Waals surface area contributed by atoms with E-state index in [9.17, 15) is 0 Å². The van der Waals surface area contributed by atoms with E-state index in [-0.39, 0.29) is 10.9 Å². The van der Waals surface area contributed by atoms with Crippen molar-refractivity contribution in [2.45, 2.75) is 0 Å². The first-order valence-corrected chi connectivity index (χ1v) is 6.78. The predicted molar refractivity (Wildman–Crippen MR) is 84.7 cm³/mol. The smallest absolute Gasteiger partial charge is 0.249 e. The lowest BCUT2D eigenvalue weighted by Crippen LogP contribution is -2.12. The van der Waals surface area contributed by atoms with Gasteiger partial charge in [0.05, 0.1) is 16.8 Å². The zero-order valence-corrected chi connectivity index (χ0v) is 12.2. The largest absolute Gasteiger partial charge is 0.435 e. The lowest BCUT2D eigenvalue weighted by Gasteiger charge is -2.10. The molecular formula is C14H9ClN4OS. The van der Waals surface area contributed by atoms with Gasteiger partial charge < -0.3 is 10.5 Å². The molecule has 0 saturated carbocycles. The minimum Gasteiger partial charge on any atom is -0.435 e. The third-order valence-corrected chi connectivity index (χ3v) is 3.39. The first kappa shape index (κ1) is 13.7. The number of benzene rings is 1. The van der Waals surface area contributed by atoms with E-state index in [1.807, 2.05) is 6.07 Å². The first-order valence-electron chi connectivity index (χ1n) is 5.99. The van der Waals surface area contributed by atoms with Gasteiger partial charge in [0.25, 0.3) is 0 Å². The van der Waals surface area contributed by atoms with Crippen molar-refractivity contribution >= 4 is 39.7 Å². The molecule has 0 saturated heterocycles. The highest BCUT2D eigenvalue weighted by molar-refractivity contribution is 7.80. The van der Waals surface area contributed by atoms with E-state index in [4.69, 9.17) is 34.3 Å². The highest BCUT2D eigenvalue weighted by Gasteiger charge is 2.13. The lowest BCUT2D eigenvalue weighted by molar-refractivity contribution is 0.458. The maximum absolute atomic E-state index is 6.15. The Labute approximate surface area is 130 Å². The molecule has 0 aliphatic heterocycles. The molecule has 0 bridgehead atoms. The van der Waals surface area contributed by atoms with Crippen molar-refractivity contribution in [3.05, 3.63) is 53.3 Å². The average Bonchev–Trinajstić information content (AvgIpc) is 2.51. The number of pyridine rings is 1. The molecule has 2 aromatic heterocycles. The van der Waals surface area contributed by atoms with Gasteiger partial charge in [0.15, 0.2) is 5.75 Å². The maximum atomic E-state index is 6.15. The van der Waals surface area contributed by atoms with Crippen LogP contribution < -0.4 is 10.5 Å². The van der Waals surface area contributed by atoms with Gasteiger partial charge >= 0.3 is 0 Å². The number of ether oxygens (including phenoxy) is 1. The van der Waals surface area contributed by atoms with Crippen molar-refractivity contribution in [2.75, 3.05) is 0 Å². The molecule has 21 heavy (non-hydrogen) atoms. The van der Waals surface area contributed by atoms with Crippen LogP contribution in [0.5, 0.6) is 11.6 Å². The highest BCUT2D eigenvalue weighted by atomic mass is 35.5. The topological polar surface area (TPSA) is 73.9 Å². The molecule has 0 atom stereocenters. The minimum absolute atomic E-state index is 0.186. The second-order valence-corrected chi connectivity index (χ2v) is 5.01. The van der Waals surface area contributed by atoms with E-state index in [0.717, 1.165) is 5.39 Å². The Morgan fingerprint density at radius 3 is 2.86 bits per heavy atom. The molecule has 3 rings (SSSR count). The SMILES string of the molecule is NC(=S)c1ccnnc1Oc1ccc(Cl)c2cccnc12. The lowest BCUT2D eigenvalue weighted by atomic mass is 10.2. The number of fused-ring (bicyclic) bond motifs is 1. The number of nitrogens with two attached hydrogens (primary N) is 1.